The maximum absolute atomic E-state index is 11.9. The zero-order chi connectivity index (χ0) is 12.2. The number of hydrogen-bond acceptors (Lipinski definition) is 3. The molecule has 0 aromatic carbocycles. The van der Waals surface area contributed by atoms with Crippen LogP contribution in [0.4, 0.5) is 0 Å². The van der Waals surface area contributed by atoms with Crippen LogP contribution in [0.5, 0.6) is 0 Å². The maximum atomic E-state index is 11.9. The summed E-state index contributed by atoms with van der Waals surface area (Å²) in [4.78, 5) is 13.6. The lowest BCUT2D eigenvalue weighted by Crippen LogP contribution is -2.44. The molecule has 4 heteroatoms. The molecule has 1 amide bonds. The fraction of sp³-hybridized carbons (Fsp3) is 0.750. The fourth-order valence-corrected chi connectivity index (χ4v) is 1.85. The van der Waals surface area contributed by atoms with Gasteiger partial charge in [-0.15, -0.1) is 0 Å². The van der Waals surface area contributed by atoms with Gasteiger partial charge in [-0.1, -0.05) is 12.7 Å². The molecule has 1 aliphatic heterocycles. The Morgan fingerprint density at radius 2 is 2.44 bits per heavy atom. The lowest BCUT2D eigenvalue weighted by atomic mass is 10.1. The van der Waals surface area contributed by atoms with Gasteiger partial charge >= 0.3 is 0 Å². The zero-order valence-electron chi connectivity index (χ0n) is 10.1. The van der Waals surface area contributed by atoms with Crippen molar-refractivity contribution < 1.29 is 14.6 Å². The van der Waals surface area contributed by atoms with Crippen LogP contribution in [0.15, 0.2) is 12.7 Å². The molecule has 1 N–H and O–H groups in total. The van der Waals surface area contributed by atoms with Crippen molar-refractivity contribution >= 4 is 5.91 Å². The first kappa shape index (κ1) is 13.2. The number of ether oxygens (including phenoxy) is 1. The molecule has 1 rings (SSSR count). The average Bonchev–Trinajstić information content (AvgIpc) is 2.73. The number of carbonyl (C=O) groups is 1. The van der Waals surface area contributed by atoms with E-state index in [4.69, 9.17) is 4.74 Å². The summed E-state index contributed by atoms with van der Waals surface area (Å²) in [6.45, 7) is 9.66. The van der Waals surface area contributed by atoms with Crippen LogP contribution in [-0.2, 0) is 9.53 Å². The van der Waals surface area contributed by atoms with Gasteiger partial charge in [-0.25, -0.2) is 0 Å². The van der Waals surface area contributed by atoms with E-state index < -0.39 is 5.60 Å². The van der Waals surface area contributed by atoms with E-state index in [-0.39, 0.29) is 5.91 Å². The number of rotatable bonds is 5. The molecule has 0 aliphatic carbocycles. The molecule has 4 nitrogen and oxygen atoms in total. The molecule has 0 aromatic rings. The van der Waals surface area contributed by atoms with Gasteiger partial charge in [0.1, 0.15) is 0 Å². The van der Waals surface area contributed by atoms with Crippen LogP contribution >= 0.6 is 0 Å². The van der Waals surface area contributed by atoms with E-state index in [9.17, 15) is 9.90 Å². The molecule has 0 radical (unpaired) electrons. The molecule has 92 valence electrons. The van der Waals surface area contributed by atoms with Crippen molar-refractivity contribution in [3.8, 4) is 0 Å². The summed E-state index contributed by atoms with van der Waals surface area (Å²) in [6, 6.07) is 0. The van der Waals surface area contributed by atoms with Crippen molar-refractivity contribution in [2.24, 2.45) is 5.92 Å². The number of nitrogens with zero attached hydrogens (tertiary/aromatic N) is 1. The summed E-state index contributed by atoms with van der Waals surface area (Å²) in [5.74, 6) is 0.131. The smallest absolute Gasteiger partial charge is 0.258 e. The molecule has 16 heavy (non-hydrogen) atoms. The highest BCUT2D eigenvalue weighted by Crippen LogP contribution is 2.20. The Balaban J connectivity index is 2.47. The summed E-state index contributed by atoms with van der Waals surface area (Å²) >= 11 is 0. The highest BCUT2D eigenvalue weighted by molar-refractivity contribution is 5.86. The quantitative estimate of drug-likeness (QED) is 0.707. The molecule has 2 atom stereocenters. The monoisotopic (exact) mass is 227 g/mol. The molecule has 0 aromatic heterocycles. The summed E-state index contributed by atoms with van der Waals surface area (Å²) in [6.07, 6.45) is 2.23. The summed E-state index contributed by atoms with van der Waals surface area (Å²) in [5, 5.41) is 9.77. The minimum atomic E-state index is -1.44. The molecule has 1 aliphatic rings. The Morgan fingerprint density at radius 1 is 1.75 bits per heavy atom. The molecule has 1 heterocycles. The van der Waals surface area contributed by atoms with E-state index in [1.807, 2.05) is 6.92 Å². The summed E-state index contributed by atoms with van der Waals surface area (Å²) in [7, 11) is 0. The molecule has 0 bridgehead atoms. The summed E-state index contributed by atoms with van der Waals surface area (Å²) in [5.41, 5.74) is -1.44. The lowest BCUT2D eigenvalue weighted by Gasteiger charge is -2.25. The third-order valence-corrected chi connectivity index (χ3v) is 2.96. The van der Waals surface area contributed by atoms with Gasteiger partial charge in [-0.2, -0.15) is 0 Å². The highest BCUT2D eigenvalue weighted by Gasteiger charge is 2.35. The van der Waals surface area contributed by atoms with E-state index >= 15 is 0 Å². The van der Waals surface area contributed by atoms with Gasteiger partial charge in [0.15, 0.2) is 5.60 Å². The van der Waals surface area contributed by atoms with E-state index in [1.165, 1.54) is 13.0 Å². The lowest BCUT2D eigenvalue weighted by molar-refractivity contribution is -0.144. The topological polar surface area (TPSA) is 49.8 Å². The molecule has 1 saturated heterocycles. The first-order valence-corrected chi connectivity index (χ1v) is 5.74. The highest BCUT2D eigenvalue weighted by atomic mass is 16.5. The van der Waals surface area contributed by atoms with E-state index in [0.29, 0.717) is 32.2 Å². The van der Waals surface area contributed by atoms with Crippen LogP contribution in [0.2, 0.25) is 0 Å². The van der Waals surface area contributed by atoms with Gasteiger partial charge in [-0.3, -0.25) is 4.79 Å². The van der Waals surface area contributed by atoms with Crippen LogP contribution in [0.3, 0.4) is 0 Å². The molecule has 0 saturated carbocycles. The van der Waals surface area contributed by atoms with E-state index in [1.54, 1.807) is 4.90 Å². The van der Waals surface area contributed by atoms with Crippen LogP contribution in [0.25, 0.3) is 0 Å². The Morgan fingerprint density at radius 3 is 3.00 bits per heavy atom. The largest absolute Gasteiger partial charge is 0.381 e. The van der Waals surface area contributed by atoms with Crippen LogP contribution < -0.4 is 0 Å². The van der Waals surface area contributed by atoms with Crippen molar-refractivity contribution in [2.75, 3.05) is 26.3 Å². The summed E-state index contributed by atoms with van der Waals surface area (Å²) < 4.78 is 5.34. The number of likely N-dealkylation sites (tertiary alicyclic amines) is 1. The van der Waals surface area contributed by atoms with Crippen molar-refractivity contribution in [2.45, 2.75) is 25.9 Å². The normalized spacial score (nSPS) is 24.2. The molecule has 0 unspecified atom stereocenters. The standard InChI is InChI=1S/C12H21NO3/c1-4-12(3,15)11(14)13-7-6-10(8-13)9-16-5-2/h4,10,15H,1,5-9H2,2-3H3/t10-,12+/m0/s1. The van der Waals surface area contributed by atoms with Crippen molar-refractivity contribution in [3.63, 3.8) is 0 Å². The van der Waals surface area contributed by atoms with Gasteiger partial charge in [-0.05, 0) is 20.3 Å². The first-order chi connectivity index (χ1) is 7.51. The number of hydrogen-bond donors (Lipinski definition) is 1. The van der Waals surface area contributed by atoms with Crippen molar-refractivity contribution in [1.82, 2.24) is 4.90 Å². The SMILES string of the molecule is C=C[C@@](C)(O)C(=O)N1CC[C@H](COCC)C1. The van der Waals surface area contributed by atoms with E-state index in [2.05, 4.69) is 6.58 Å². The predicted molar refractivity (Wildman–Crippen MR) is 62.0 cm³/mol. The van der Waals surface area contributed by atoms with Gasteiger partial charge < -0.3 is 14.7 Å². The van der Waals surface area contributed by atoms with Crippen molar-refractivity contribution in [1.29, 1.82) is 0 Å². The fourth-order valence-electron chi connectivity index (χ4n) is 1.85. The molecular weight excluding hydrogens is 206 g/mol. The van der Waals surface area contributed by atoms with E-state index in [0.717, 1.165) is 6.42 Å². The molecular formula is C12H21NO3. The second-order valence-corrected chi connectivity index (χ2v) is 4.42. The van der Waals surface area contributed by atoms with Gasteiger partial charge in [0.25, 0.3) is 5.91 Å². The number of carbonyl (C=O) groups excluding carboxylic acids is 1. The second-order valence-electron chi connectivity index (χ2n) is 4.42. The van der Waals surface area contributed by atoms with Crippen LogP contribution in [0, 0.1) is 5.92 Å². The average molecular weight is 227 g/mol. The predicted octanol–water partition coefficient (Wildman–Crippen LogP) is 0.808. The molecule has 0 spiro atoms. The van der Waals surface area contributed by atoms with Gasteiger partial charge in [0.05, 0.1) is 6.61 Å². The Labute approximate surface area is 96.9 Å². The first-order valence-electron chi connectivity index (χ1n) is 5.74. The molecule has 1 fully saturated rings. The van der Waals surface area contributed by atoms with Crippen molar-refractivity contribution in [3.05, 3.63) is 12.7 Å². The number of aliphatic hydroxyl groups is 1. The zero-order valence-corrected chi connectivity index (χ0v) is 10.1. The van der Waals surface area contributed by atoms with Crippen LogP contribution in [-0.4, -0.2) is 47.8 Å². The number of amides is 1. The third kappa shape index (κ3) is 3.06. The Bertz CT molecular complexity index is 263. The minimum Gasteiger partial charge on any atom is -0.381 e. The maximum Gasteiger partial charge on any atom is 0.258 e. The Hall–Kier alpha value is -0.870. The van der Waals surface area contributed by atoms with Gasteiger partial charge in [0.2, 0.25) is 0 Å². The Kier molecular flexibility index (Phi) is 4.50. The van der Waals surface area contributed by atoms with Gasteiger partial charge in [0, 0.05) is 25.6 Å². The minimum absolute atomic E-state index is 0.263. The van der Waals surface area contributed by atoms with Crippen LogP contribution in [0.1, 0.15) is 20.3 Å². The third-order valence-electron chi connectivity index (χ3n) is 2.96. The second kappa shape index (κ2) is 5.46.